The number of nitrogen functional groups attached to an aromatic ring is 1. The molecule has 5 nitrogen and oxygen atoms in total. The average Bonchev–Trinajstić information content (AvgIpc) is 2.40. The summed E-state index contributed by atoms with van der Waals surface area (Å²) in [5.74, 6) is -3.61. The number of halogens is 2. The monoisotopic (exact) mass is 292 g/mol. The number of anilines is 2. The number of carboxylic acid groups (broad SMARTS) is 1. The highest BCUT2D eigenvalue weighted by atomic mass is 19.1. The van der Waals surface area contributed by atoms with E-state index in [1.807, 2.05) is 0 Å². The van der Waals surface area contributed by atoms with E-state index in [4.69, 9.17) is 10.8 Å². The van der Waals surface area contributed by atoms with Crippen LogP contribution in [-0.2, 0) is 0 Å². The summed E-state index contributed by atoms with van der Waals surface area (Å²) in [6.07, 6.45) is 0. The molecule has 0 heterocycles. The minimum Gasteiger partial charge on any atom is -0.478 e. The van der Waals surface area contributed by atoms with Crippen molar-refractivity contribution in [1.29, 1.82) is 0 Å². The van der Waals surface area contributed by atoms with Crippen LogP contribution in [0, 0.1) is 11.6 Å². The highest BCUT2D eigenvalue weighted by Crippen LogP contribution is 2.18. The van der Waals surface area contributed by atoms with Crippen molar-refractivity contribution in [2.75, 3.05) is 11.1 Å². The number of hydrogen-bond donors (Lipinski definition) is 3. The van der Waals surface area contributed by atoms with E-state index < -0.39 is 29.1 Å². The van der Waals surface area contributed by atoms with Gasteiger partial charge in [0.15, 0.2) is 0 Å². The Labute approximate surface area is 118 Å². The third-order valence-corrected chi connectivity index (χ3v) is 2.71. The molecule has 0 aliphatic carbocycles. The van der Waals surface area contributed by atoms with E-state index in [1.165, 1.54) is 12.1 Å². The largest absolute Gasteiger partial charge is 0.478 e. The molecule has 0 fully saturated rings. The molecule has 0 aliphatic rings. The molecule has 0 radical (unpaired) electrons. The van der Waals surface area contributed by atoms with Crippen molar-refractivity contribution < 1.29 is 23.5 Å². The molecule has 0 spiro atoms. The number of carbonyl (C=O) groups is 2. The van der Waals surface area contributed by atoms with Crippen LogP contribution in [0.3, 0.4) is 0 Å². The molecule has 21 heavy (non-hydrogen) atoms. The highest BCUT2D eigenvalue weighted by Gasteiger charge is 2.14. The van der Waals surface area contributed by atoms with Gasteiger partial charge in [0.1, 0.15) is 11.6 Å². The lowest BCUT2D eigenvalue weighted by molar-refractivity contribution is 0.0691. The van der Waals surface area contributed by atoms with Gasteiger partial charge in [-0.25, -0.2) is 13.6 Å². The smallest absolute Gasteiger partial charge is 0.338 e. The summed E-state index contributed by atoms with van der Waals surface area (Å²) < 4.78 is 26.1. The van der Waals surface area contributed by atoms with E-state index in [0.717, 1.165) is 24.3 Å². The second-order valence-electron chi connectivity index (χ2n) is 4.19. The predicted molar refractivity (Wildman–Crippen MR) is 72.1 cm³/mol. The van der Waals surface area contributed by atoms with Gasteiger partial charge in [-0.2, -0.15) is 0 Å². The van der Waals surface area contributed by atoms with Gasteiger partial charge in [0, 0.05) is 11.4 Å². The lowest BCUT2D eigenvalue weighted by Crippen LogP contribution is -2.15. The summed E-state index contributed by atoms with van der Waals surface area (Å²) >= 11 is 0. The molecule has 0 saturated heterocycles. The molecular weight excluding hydrogens is 282 g/mol. The van der Waals surface area contributed by atoms with Crippen LogP contribution in [0.2, 0.25) is 0 Å². The Bertz CT molecular complexity index is 732. The summed E-state index contributed by atoms with van der Waals surface area (Å²) in [5, 5.41) is 11.2. The Morgan fingerprint density at radius 1 is 1.05 bits per heavy atom. The van der Waals surface area contributed by atoms with E-state index in [2.05, 4.69) is 5.32 Å². The number of hydrogen-bond acceptors (Lipinski definition) is 3. The van der Waals surface area contributed by atoms with E-state index in [9.17, 15) is 18.4 Å². The van der Waals surface area contributed by atoms with E-state index in [0.29, 0.717) is 0 Å². The zero-order valence-electron chi connectivity index (χ0n) is 10.6. The third-order valence-electron chi connectivity index (χ3n) is 2.71. The van der Waals surface area contributed by atoms with E-state index in [1.54, 1.807) is 0 Å². The van der Waals surface area contributed by atoms with Crippen LogP contribution in [-0.4, -0.2) is 17.0 Å². The lowest BCUT2D eigenvalue weighted by atomic mass is 10.1. The van der Waals surface area contributed by atoms with Gasteiger partial charge >= 0.3 is 5.97 Å². The molecule has 0 saturated carbocycles. The second kappa shape index (κ2) is 5.58. The van der Waals surface area contributed by atoms with Crippen LogP contribution < -0.4 is 11.1 Å². The van der Waals surface area contributed by atoms with E-state index >= 15 is 0 Å². The predicted octanol–water partition coefficient (Wildman–Crippen LogP) is 2.50. The SMILES string of the molecule is Nc1cc(F)ccc1C(=O)Nc1ccc(F)c(C(=O)O)c1. The Hall–Kier alpha value is -2.96. The molecule has 2 aromatic rings. The maximum atomic E-state index is 13.2. The van der Waals surface area contributed by atoms with Gasteiger partial charge < -0.3 is 16.2 Å². The number of amides is 1. The minimum atomic E-state index is -1.45. The molecule has 0 aromatic heterocycles. The van der Waals surface area contributed by atoms with Crippen LogP contribution in [0.25, 0.3) is 0 Å². The first-order valence-corrected chi connectivity index (χ1v) is 5.77. The Kier molecular flexibility index (Phi) is 3.84. The van der Waals surface area contributed by atoms with Gasteiger partial charge in [-0.1, -0.05) is 0 Å². The first-order chi connectivity index (χ1) is 9.88. The fraction of sp³-hybridized carbons (Fsp3) is 0. The van der Waals surface area contributed by atoms with Crippen molar-refractivity contribution in [1.82, 2.24) is 0 Å². The van der Waals surface area contributed by atoms with Crippen molar-refractivity contribution in [2.24, 2.45) is 0 Å². The Morgan fingerprint density at radius 3 is 2.38 bits per heavy atom. The zero-order valence-corrected chi connectivity index (χ0v) is 10.6. The quantitative estimate of drug-likeness (QED) is 0.758. The van der Waals surface area contributed by atoms with E-state index in [-0.39, 0.29) is 16.9 Å². The van der Waals surface area contributed by atoms with Crippen molar-refractivity contribution in [2.45, 2.75) is 0 Å². The molecule has 0 atom stereocenters. The molecule has 2 aromatic carbocycles. The highest BCUT2D eigenvalue weighted by molar-refractivity contribution is 6.08. The topological polar surface area (TPSA) is 92.4 Å². The summed E-state index contributed by atoms with van der Waals surface area (Å²) in [7, 11) is 0. The Balaban J connectivity index is 2.27. The number of rotatable bonds is 3. The van der Waals surface area contributed by atoms with Crippen LogP contribution in [0.4, 0.5) is 20.2 Å². The molecule has 0 unspecified atom stereocenters. The van der Waals surface area contributed by atoms with Gasteiger partial charge in [-0.05, 0) is 36.4 Å². The van der Waals surface area contributed by atoms with Crippen LogP contribution in [0.1, 0.15) is 20.7 Å². The van der Waals surface area contributed by atoms with Gasteiger partial charge in [0.25, 0.3) is 5.91 Å². The van der Waals surface area contributed by atoms with Gasteiger partial charge in [0.05, 0.1) is 11.1 Å². The Morgan fingerprint density at radius 2 is 1.76 bits per heavy atom. The van der Waals surface area contributed by atoms with Crippen molar-refractivity contribution in [3.05, 3.63) is 59.2 Å². The second-order valence-corrected chi connectivity index (χ2v) is 4.19. The normalized spacial score (nSPS) is 10.2. The number of nitrogens with one attached hydrogen (secondary N) is 1. The standard InChI is InChI=1S/C14H10F2N2O3/c15-7-1-3-9(12(17)5-7)13(19)18-8-2-4-11(16)10(6-8)14(20)21/h1-6H,17H2,(H,18,19)(H,20,21). The summed E-state index contributed by atoms with van der Waals surface area (Å²) in [6.45, 7) is 0. The number of aromatic carboxylic acids is 1. The molecular formula is C14H10F2N2O3. The van der Waals surface area contributed by atoms with Gasteiger partial charge in [0.2, 0.25) is 0 Å². The molecule has 4 N–H and O–H groups in total. The van der Waals surface area contributed by atoms with Crippen molar-refractivity contribution in [3.63, 3.8) is 0 Å². The summed E-state index contributed by atoms with van der Waals surface area (Å²) in [5.41, 5.74) is 5.00. The van der Waals surface area contributed by atoms with Crippen molar-refractivity contribution in [3.8, 4) is 0 Å². The average molecular weight is 292 g/mol. The number of carbonyl (C=O) groups excluding carboxylic acids is 1. The van der Waals surface area contributed by atoms with Crippen LogP contribution in [0.5, 0.6) is 0 Å². The summed E-state index contributed by atoms with van der Waals surface area (Å²) in [6, 6.07) is 6.37. The molecule has 0 bridgehead atoms. The molecule has 108 valence electrons. The molecule has 7 heteroatoms. The van der Waals surface area contributed by atoms with Gasteiger partial charge in [-0.15, -0.1) is 0 Å². The first-order valence-electron chi connectivity index (χ1n) is 5.77. The van der Waals surface area contributed by atoms with Crippen molar-refractivity contribution >= 4 is 23.3 Å². The van der Waals surface area contributed by atoms with Gasteiger partial charge in [-0.3, -0.25) is 4.79 Å². The maximum Gasteiger partial charge on any atom is 0.338 e. The molecule has 2 rings (SSSR count). The fourth-order valence-electron chi connectivity index (χ4n) is 1.71. The number of benzene rings is 2. The molecule has 1 amide bonds. The zero-order chi connectivity index (χ0) is 15.6. The number of nitrogens with two attached hydrogens (primary N) is 1. The summed E-state index contributed by atoms with van der Waals surface area (Å²) in [4.78, 5) is 22.8. The third kappa shape index (κ3) is 3.14. The minimum absolute atomic E-state index is 0.0256. The van der Waals surface area contributed by atoms with Crippen LogP contribution in [0.15, 0.2) is 36.4 Å². The molecule has 0 aliphatic heterocycles. The maximum absolute atomic E-state index is 13.2. The first kappa shape index (κ1) is 14.4. The van der Waals surface area contributed by atoms with Crippen LogP contribution >= 0.6 is 0 Å². The number of carboxylic acids is 1. The lowest BCUT2D eigenvalue weighted by Gasteiger charge is -2.08. The fourth-order valence-corrected chi connectivity index (χ4v) is 1.71.